The molecule has 0 atom stereocenters. The van der Waals surface area contributed by atoms with Gasteiger partial charge in [0.25, 0.3) is 0 Å². The molecule has 0 N–H and O–H groups in total. The highest BCUT2D eigenvalue weighted by Gasteiger charge is 1.96. The standard InChI is InChI=1S/C10H17NO3.C2H6/c1-12-6-3-8-13-7-2-4-10-5-9-14-11-10;1-2/h5,9H,2-4,6-8H2,1H3;1-2H3. The number of hydrogen-bond donors (Lipinski definition) is 0. The average molecular weight is 229 g/mol. The van der Waals surface area contributed by atoms with E-state index in [2.05, 4.69) is 5.16 Å². The number of nitrogens with zero attached hydrogens (tertiary/aromatic N) is 1. The van der Waals surface area contributed by atoms with E-state index >= 15 is 0 Å². The molecule has 0 saturated carbocycles. The Kier molecular flexibility index (Phi) is 11.5. The fourth-order valence-electron chi connectivity index (χ4n) is 1.13. The van der Waals surface area contributed by atoms with Crippen LogP contribution in [0.25, 0.3) is 0 Å². The molecule has 0 aliphatic heterocycles. The third-order valence-electron chi connectivity index (χ3n) is 1.85. The van der Waals surface area contributed by atoms with Crippen LogP contribution in [-0.4, -0.2) is 32.1 Å². The highest BCUT2D eigenvalue weighted by molar-refractivity contribution is 4.94. The van der Waals surface area contributed by atoms with Crippen LogP contribution in [0.3, 0.4) is 0 Å². The topological polar surface area (TPSA) is 44.5 Å². The molecule has 4 heteroatoms. The number of methoxy groups -OCH3 is 1. The Morgan fingerprint density at radius 2 is 1.94 bits per heavy atom. The van der Waals surface area contributed by atoms with Gasteiger partial charge in [-0.05, 0) is 19.3 Å². The second-order valence-electron chi connectivity index (χ2n) is 3.05. The summed E-state index contributed by atoms with van der Waals surface area (Å²) < 4.78 is 15.0. The minimum Gasteiger partial charge on any atom is -0.385 e. The predicted molar refractivity (Wildman–Crippen MR) is 63.5 cm³/mol. The smallest absolute Gasteiger partial charge is 0.124 e. The highest BCUT2D eigenvalue weighted by Crippen LogP contribution is 1.99. The van der Waals surface area contributed by atoms with E-state index in [4.69, 9.17) is 14.0 Å². The number of hydrogen-bond acceptors (Lipinski definition) is 4. The Balaban J connectivity index is 0.00000106. The van der Waals surface area contributed by atoms with Gasteiger partial charge < -0.3 is 14.0 Å². The summed E-state index contributed by atoms with van der Waals surface area (Å²) in [5, 5.41) is 3.81. The predicted octanol–water partition coefficient (Wildman–Crippen LogP) is 2.69. The Morgan fingerprint density at radius 3 is 2.56 bits per heavy atom. The van der Waals surface area contributed by atoms with E-state index in [9.17, 15) is 0 Å². The quantitative estimate of drug-likeness (QED) is 0.643. The third-order valence-corrected chi connectivity index (χ3v) is 1.85. The molecule has 0 radical (unpaired) electrons. The lowest BCUT2D eigenvalue weighted by atomic mass is 10.2. The van der Waals surface area contributed by atoms with Crippen LogP contribution < -0.4 is 0 Å². The van der Waals surface area contributed by atoms with Gasteiger partial charge in [0.05, 0.1) is 5.69 Å². The van der Waals surface area contributed by atoms with E-state index < -0.39 is 0 Å². The van der Waals surface area contributed by atoms with Crippen molar-refractivity contribution in [3.05, 3.63) is 18.0 Å². The molecule has 4 nitrogen and oxygen atoms in total. The normalized spacial score (nSPS) is 9.69. The van der Waals surface area contributed by atoms with Crippen LogP contribution in [0.15, 0.2) is 16.9 Å². The van der Waals surface area contributed by atoms with Crippen molar-refractivity contribution >= 4 is 0 Å². The van der Waals surface area contributed by atoms with Crippen LogP contribution in [0.1, 0.15) is 32.4 Å². The molecule has 0 bridgehead atoms. The molecular formula is C12H23NO3. The molecule has 0 aliphatic rings. The molecule has 0 amide bonds. The van der Waals surface area contributed by atoms with Crippen LogP contribution in [-0.2, 0) is 15.9 Å². The van der Waals surface area contributed by atoms with Crippen molar-refractivity contribution in [3.8, 4) is 0 Å². The van der Waals surface area contributed by atoms with Crippen molar-refractivity contribution in [2.45, 2.75) is 33.1 Å². The molecule has 0 aromatic carbocycles. The Labute approximate surface area is 97.9 Å². The first-order valence-corrected chi connectivity index (χ1v) is 5.89. The van der Waals surface area contributed by atoms with Gasteiger partial charge in [-0.3, -0.25) is 0 Å². The van der Waals surface area contributed by atoms with E-state index in [1.807, 2.05) is 19.9 Å². The Bertz CT molecular complexity index is 212. The molecule has 1 aromatic heterocycles. The maximum Gasteiger partial charge on any atom is 0.124 e. The minimum absolute atomic E-state index is 0.767. The summed E-state index contributed by atoms with van der Waals surface area (Å²) in [5.41, 5.74) is 0.991. The van der Waals surface area contributed by atoms with Gasteiger partial charge >= 0.3 is 0 Å². The summed E-state index contributed by atoms with van der Waals surface area (Å²) in [6.07, 6.45) is 4.45. The van der Waals surface area contributed by atoms with Crippen molar-refractivity contribution in [1.82, 2.24) is 5.16 Å². The van der Waals surface area contributed by atoms with Gasteiger partial charge in [-0.1, -0.05) is 19.0 Å². The zero-order valence-corrected chi connectivity index (χ0v) is 10.6. The molecule has 1 rings (SSSR count). The van der Waals surface area contributed by atoms with Gasteiger partial charge in [-0.2, -0.15) is 0 Å². The molecule has 0 spiro atoms. The molecule has 0 fully saturated rings. The zero-order chi connectivity index (χ0) is 12.1. The lowest BCUT2D eigenvalue weighted by Crippen LogP contribution is -2.01. The molecule has 1 aromatic rings. The SMILES string of the molecule is CC.COCCCOCCCc1ccon1. The van der Waals surface area contributed by atoms with Gasteiger partial charge in [0.1, 0.15) is 6.26 Å². The van der Waals surface area contributed by atoms with Crippen LogP contribution in [0.4, 0.5) is 0 Å². The van der Waals surface area contributed by atoms with Gasteiger partial charge in [0.2, 0.25) is 0 Å². The third kappa shape index (κ3) is 8.44. The van der Waals surface area contributed by atoms with E-state index in [-0.39, 0.29) is 0 Å². The lowest BCUT2D eigenvalue weighted by Gasteiger charge is -2.02. The first kappa shape index (κ1) is 15.1. The van der Waals surface area contributed by atoms with Crippen LogP contribution in [0.5, 0.6) is 0 Å². The van der Waals surface area contributed by atoms with Gasteiger partial charge in [0, 0.05) is 33.0 Å². The first-order chi connectivity index (χ1) is 7.93. The first-order valence-electron chi connectivity index (χ1n) is 5.89. The lowest BCUT2D eigenvalue weighted by molar-refractivity contribution is 0.101. The molecule has 0 saturated heterocycles. The van der Waals surface area contributed by atoms with E-state index in [0.29, 0.717) is 0 Å². The fourth-order valence-corrected chi connectivity index (χ4v) is 1.13. The molecule has 16 heavy (non-hydrogen) atoms. The van der Waals surface area contributed by atoms with Gasteiger partial charge in [-0.25, -0.2) is 0 Å². The van der Waals surface area contributed by atoms with Crippen molar-refractivity contribution < 1.29 is 14.0 Å². The molecule has 0 unspecified atom stereocenters. The van der Waals surface area contributed by atoms with Crippen LogP contribution >= 0.6 is 0 Å². The molecule has 1 heterocycles. The fraction of sp³-hybridized carbons (Fsp3) is 0.750. The largest absolute Gasteiger partial charge is 0.385 e. The highest BCUT2D eigenvalue weighted by atomic mass is 16.5. The van der Waals surface area contributed by atoms with Crippen LogP contribution in [0.2, 0.25) is 0 Å². The maximum atomic E-state index is 5.40. The summed E-state index contributed by atoms with van der Waals surface area (Å²) in [5.74, 6) is 0. The number of aryl methyl sites for hydroxylation is 1. The summed E-state index contributed by atoms with van der Waals surface area (Å²) in [7, 11) is 1.70. The molecule has 94 valence electrons. The average Bonchev–Trinajstić information content (AvgIpc) is 2.84. The van der Waals surface area contributed by atoms with E-state index in [1.165, 1.54) is 0 Å². The molecule has 0 aliphatic carbocycles. The second kappa shape index (κ2) is 12.2. The van der Waals surface area contributed by atoms with Gasteiger partial charge in [-0.15, -0.1) is 0 Å². The number of rotatable bonds is 8. The van der Waals surface area contributed by atoms with Gasteiger partial charge in [0.15, 0.2) is 0 Å². The Morgan fingerprint density at radius 1 is 1.19 bits per heavy atom. The minimum atomic E-state index is 0.767. The van der Waals surface area contributed by atoms with Crippen molar-refractivity contribution in [2.75, 3.05) is 26.9 Å². The Hall–Kier alpha value is -0.870. The monoisotopic (exact) mass is 229 g/mol. The second-order valence-corrected chi connectivity index (χ2v) is 3.05. The summed E-state index contributed by atoms with van der Waals surface area (Å²) in [4.78, 5) is 0. The number of ether oxygens (including phenoxy) is 2. The summed E-state index contributed by atoms with van der Waals surface area (Å²) in [6, 6.07) is 1.88. The zero-order valence-electron chi connectivity index (χ0n) is 10.6. The summed E-state index contributed by atoms with van der Waals surface area (Å²) >= 11 is 0. The van der Waals surface area contributed by atoms with Crippen molar-refractivity contribution in [1.29, 1.82) is 0 Å². The number of aromatic nitrogens is 1. The molecular weight excluding hydrogens is 206 g/mol. The summed E-state index contributed by atoms with van der Waals surface area (Å²) in [6.45, 7) is 6.31. The van der Waals surface area contributed by atoms with E-state index in [0.717, 1.165) is 44.8 Å². The maximum absolute atomic E-state index is 5.40. The van der Waals surface area contributed by atoms with E-state index in [1.54, 1.807) is 13.4 Å². The van der Waals surface area contributed by atoms with Crippen LogP contribution in [0, 0.1) is 0 Å². The van der Waals surface area contributed by atoms with Crippen molar-refractivity contribution in [2.24, 2.45) is 0 Å². The van der Waals surface area contributed by atoms with Crippen molar-refractivity contribution in [3.63, 3.8) is 0 Å².